The Balaban J connectivity index is 2.07. The van der Waals surface area contributed by atoms with E-state index in [2.05, 4.69) is 21.2 Å². The van der Waals surface area contributed by atoms with E-state index >= 15 is 0 Å². The predicted molar refractivity (Wildman–Crippen MR) is 120 cm³/mol. The third-order valence-electron chi connectivity index (χ3n) is 4.40. The Bertz CT molecular complexity index is 834. The number of carbonyl (C=O) groups is 2. The van der Waals surface area contributed by atoms with E-state index in [0.29, 0.717) is 24.4 Å². The lowest BCUT2D eigenvalue weighted by molar-refractivity contribution is -0.138. The zero-order valence-corrected chi connectivity index (χ0v) is 19.1. The van der Waals surface area contributed by atoms with Crippen molar-refractivity contribution in [1.82, 2.24) is 10.2 Å². The van der Waals surface area contributed by atoms with Crippen molar-refractivity contribution in [3.63, 3.8) is 0 Å². The summed E-state index contributed by atoms with van der Waals surface area (Å²) in [5.74, 6) is -0.0154. The van der Waals surface area contributed by atoms with Gasteiger partial charge in [-0.2, -0.15) is 0 Å². The fraction of sp³-hybridized carbons (Fsp3) is 0.364. The molecule has 2 aromatic carbocycles. The number of nitrogens with one attached hydrogen (secondary N) is 1. The number of carbonyl (C=O) groups excluding carboxylic acids is 2. The maximum atomic E-state index is 13.8. The fourth-order valence-electron chi connectivity index (χ4n) is 2.76. The molecule has 0 unspecified atom stereocenters. The van der Waals surface area contributed by atoms with Gasteiger partial charge in [-0.25, -0.2) is 4.39 Å². The number of benzene rings is 2. The van der Waals surface area contributed by atoms with Crippen molar-refractivity contribution < 1.29 is 14.0 Å². The molecule has 156 valence electrons. The van der Waals surface area contributed by atoms with Gasteiger partial charge in [-0.15, -0.1) is 11.8 Å². The van der Waals surface area contributed by atoms with E-state index < -0.39 is 6.04 Å². The molecule has 0 heterocycles. The van der Waals surface area contributed by atoms with Crippen LogP contribution in [0.3, 0.4) is 0 Å². The summed E-state index contributed by atoms with van der Waals surface area (Å²) >= 11 is 4.79. The van der Waals surface area contributed by atoms with E-state index in [1.807, 2.05) is 31.2 Å². The molecule has 4 nitrogen and oxygen atoms in total. The first-order valence-corrected chi connectivity index (χ1v) is 11.5. The summed E-state index contributed by atoms with van der Waals surface area (Å²) in [6.45, 7) is 4.63. The van der Waals surface area contributed by atoms with Gasteiger partial charge in [-0.1, -0.05) is 53.2 Å². The molecule has 0 aliphatic carbocycles. The van der Waals surface area contributed by atoms with Gasteiger partial charge in [0.15, 0.2) is 0 Å². The number of amides is 2. The highest BCUT2D eigenvalue weighted by Gasteiger charge is 2.25. The van der Waals surface area contributed by atoms with Crippen molar-refractivity contribution in [3.05, 3.63) is 69.9 Å². The normalized spacial score (nSPS) is 11.7. The standard InChI is InChI=1S/C22H26BrFN2O2S/c1-3-11-25-22(28)16(2)26(13-17-7-6-9-19(23)12-17)21(27)15-29-14-18-8-4-5-10-20(18)24/h4-10,12,16H,3,11,13-15H2,1-2H3,(H,25,28)/t16-/m0/s1. The highest BCUT2D eigenvalue weighted by atomic mass is 79.9. The van der Waals surface area contributed by atoms with E-state index in [4.69, 9.17) is 0 Å². The molecule has 0 bridgehead atoms. The third kappa shape index (κ3) is 7.48. The van der Waals surface area contributed by atoms with Crippen molar-refractivity contribution in [2.24, 2.45) is 0 Å². The smallest absolute Gasteiger partial charge is 0.242 e. The highest BCUT2D eigenvalue weighted by Crippen LogP contribution is 2.19. The molecule has 1 N–H and O–H groups in total. The van der Waals surface area contributed by atoms with E-state index in [9.17, 15) is 14.0 Å². The van der Waals surface area contributed by atoms with Crippen LogP contribution in [0.4, 0.5) is 4.39 Å². The fourth-order valence-corrected chi connectivity index (χ4v) is 4.10. The monoisotopic (exact) mass is 480 g/mol. The second-order valence-corrected chi connectivity index (χ2v) is 8.60. The van der Waals surface area contributed by atoms with Crippen molar-refractivity contribution in [1.29, 1.82) is 0 Å². The molecule has 29 heavy (non-hydrogen) atoms. The van der Waals surface area contributed by atoms with Crippen LogP contribution in [0.25, 0.3) is 0 Å². The Kier molecular flexibility index (Phi) is 9.67. The van der Waals surface area contributed by atoms with Gasteiger partial charge in [-0.05, 0) is 42.7 Å². The number of halogens is 2. The minimum atomic E-state index is -0.595. The van der Waals surface area contributed by atoms with E-state index in [1.165, 1.54) is 17.8 Å². The first-order chi connectivity index (χ1) is 13.9. The minimum absolute atomic E-state index is 0.148. The second-order valence-electron chi connectivity index (χ2n) is 6.70. The molecular formula is C22H26BrFN2O2S. The molecule has 2 amide bonds. The third-order valence-corrected chi connectivity index (χ3v) is 5.86. The Morgan fingerprint density at radius 1 is 1.21 bits per heavy atom. The second kappa shape index (κ2) is 12.0. The Morgan fingerprint density at radius 2 is 1.97 bits per heavy atom. The molecule has 0 radical (unpaired) electrons. The average Bonchev–Trinajstić information content (AvgIpc) is 2.71. The Morgan fingerprint density at radius 3 is 2.66 bits per heavy atom. The number of rotatable bonds is 10. The lowest BCUT2D eigenvalue weighted by Gasteiger charge is -2.29. The maximum absolute atomic E-state index is 13.8. The lowest BCUT2D eigenvalue weighted by Crippen LogP contribution is -2.48. The average molecular weight is 481 g/mol. The zero-order chi connectivity index (χ0) is 21.2. The maximum Gasteiger partial charge on any atom is 0.242 e. The molecule has 0 aliphatic rings. The van der Waals surface area contributed by atoms with E-state index in [0.717, 1.165) is 16.5 Å². The van der Waals surface area contributed by atoms with Gasteiger partial charge in [0.25, 0.3) is 0 Å². The molecular weight excluding hydrogens is 455 g/mol. The lowest BCUT2D eigenvalue weighted by atomic mass is 10.1. The van der Waals surface area contributed by atoms with Crippen LogP contribution in [0.15, 0.2) is 53.0 Å². The first-order valence-electron chi connectivity index (χ1n) is 9.55. The Labute approximate surface area is 184 Å². The van der Waals surface area contributed by atoms with Crippen molar-refractivity contribution in [3.8, 4) is 0 Å². The van der Waals surface area contributed by atoms with Gasteiger partial charge < -0.3 is 10.2 Å². The first kappa shape index (κ1) is 23.4. The zero-order valence-electron chi connectivity index (χ0n) is 16.7. The SMILES string of the molecule is CCCNC(=O)[C@H](C)N(Cc1cccc(Br)c1)C(=O)CSCc1ccccc1F. The van der Waals surface area contributed by atoms with E-state index in [-0.39, 0.29) is 23.4 Å². The molecule has 0 fully saturated rings. The van der Waals surface area contributed by atoms with Crippen LogP contribution < -0.4 is 5.32 Å². The summed E-state index contributed by atoms with van der Waals surface area (Å²) in [5.41, 5.74) is 1.50. The number of thioether (sulfide) groups is 1. The van der Waals surface area contributed by atoms with Crippen LogP contribution in [0, 0.1) is 5.82 Å². The molecule has 0 aliphatic heterocycles. The quantitative estimate of drug-likeness (QED) is 0.532. The van der Waals surface area contributed by atoms with Gasteiger partial charge >= 0.3 is 0 Å². The summed E-state index contributed by atoms with van der Waals surface area (Å²) in [6.07, 6.45) is 0.830. The summed E-state index contributed by atoms with van der Waals surface area (Å²) in [6, 6.07) is 13.6. The van der Waals surface area contributed by atoms with Crippen LogP contribution in [0.1, 0.15) is 31.4 Å². The Hall–Kier alpha value is -1.86. The van der Waals surface area contributed by atoms with Crippen molar-refractivity contribution >= 4 is 39.5 Å². The topological polar surface area (TPSA) is 49.4 Å². The molecule has 7 heteroatoms. The number of hydrogen-bond acceptors (Lipinski definition) is 3. The van der Waals surface area contributed by atoms with Gasteiger partial charge in [0, 0.05) is 23.3 Å². The summed E-state index contributed by atoms with van der Waals surface area (Å²) in [7, 11) is 0. The summed E-state index contributed by atoms with van der Waals surface area (Å²) in [5, 5.41) is 2.86. The minimum Gasteiger partial charge on any atom is -0.354 e. The molecule has 0 saturated heterocycles. The van der Waals surface area contributed by atoms with Crippen LogP contribution in [0.2, 0.25) is 0 Å². The molecule has 1 atom stereocenters. The van der Waals surface area contributed by atoms with Gasteiger partial charge in [0.1, 0.15) is 11.9 Å². The molecule has 0 aromatic heterocycles. The molecule has 2 rings (SSSR count). The van der Waals surface area contributed by atoms with Gasteiger partial charge in [0.2, 0.25) is 11.8 Å². The van der Waals surface area contributed by atoms with Crippen LogP contribution in [-0.4, -0.2) is 35.1 Å². The van der Waals surface area contributed by atoms with E-state index in [1.54, 1.807) is 30.0 Å². The van der Waals surface area contributed by atoms with Crippen molar-refractivity contribution in [2.45, 2.75) is 38.6 Å². The molecule has 0 saturated carbocycles. The molecule has 0 spiro atoms. The van der Waals surface area contributed by atoms with Crippen LogP contribution in [0.5, 0.6) is 0 Å². The number of hydrogen-bond donors (Lipinski definition) is 1. The van der Waals surface area contributed by atoms with Crippen LogP contribution >= 0.6 is 27.7 Å². The highest BCUT2D eigenvalue weighted by molar-refractivity contribution is 9.10. The predicted octanol–water partition coefficient (Wildman–Crippen LogP) is 4.76. The van der Waals surface area contributed by atoms with Gasteiger partial charge in [0.05, 0.1) is 5.75 Å². The van der Waals surface area contributed by atoms with Crippen LogP contribution in [-0.2, 0) is 21.9 Å². The molecule has 2 aromatic rings. The van der Waals surface area contributed by atoms with Gasteiger partial charge in [-0.3, -0.25) is 9.59 Å². The largest absolute Gasteiger partial charge is 0.354 e. The van der Waals surface area contributed by atoms with Crippen molar-refractivity contribution in [2.75, 3.05) is 12.3 Å². The summed E-state index contributed by atoms with van der Waals surface area (Å²) in [4.78, 5) is 27.0. The summed E-state index contributed by atoms with van der Waals surface area (Å²) < 4.78 is 14.7. The number of nitrogens with zero attached hydrogens (tertiary/aromatic N) is 1.